The van der Waals surface area contributed by atoms with Gasteiger partial charge in [0, 0.05) is 5.69 Å². The number of amides is 1. The van der Waals surface area contributed by atoms with Gasteiger partial charge in [0.05, 0.1) is 23.1 Å². The molecule has 0 saturated heterocycles. The van der Waals surface area contributed by atoms with Crippen LogP contribution in [0.5, 0.6) is 5.75 Å². The minimum Gasteiger partial charge on any atom is -0.495 e. The van der Waals surface area contributed by atoms with Crippen molar-refractivity contribution in [2.45, 2.75) is 17.9 Å². The van der Waals surface area contributed by atoms with E-state index in [0.29, 0.717) is 16.5 Å². The number of hydrogen-bond acceptors (Lipinski definition) is 4. The predicted molar refractivity (Wildman–Crippen MR) is 110 cm³/mol. The molecule has 0 heterocycles. The number of benzene rings is 3. The van der Waals surface area contributed by atoms with E-state index in [1.165, 1.54) is 26.2 Å². The lowest BCUT2D eigenvalue weighted by Crippen LogP contribution is -2.41. The Morgan fingerprint density at radius 2 is 1.75 bits per heavy atom. The van der Waals surface area contributed by atoms with Gasteiger partial charge in [0.25, 0.3) is 0 Å². The minimum atomic E-state index is -3.86. The van der Waals surface area contributed by atoms with Crippen molar-refractivity contribution in [1.82, 2.24) is 4.72 Å². The highest BCUT2D eigenvalue weighted by atomic mass is 35.5. The number of rotatable bonds is 6. The van der Waals surface area contributed by atoms with E-state index in [-0.39, 0.29) is 4.90 Å². The van der Waals surface area contributed by atoms with Gasteiger partial charge in [0.15, 0.2) is 0 Å². The van der Waals surface area contributed by atoms with Gasteiger partial charge >= 0.3 is 0 Å². The van der Waals surface area contributed by atoms with E-state index < -0.39 is 22.0 Å². The second kappa shape index (κ2) is 8.18. The van der Waals surface area contributed by atoms with Gasteiger partial charge in [-0.05, 0) is 48.0 Å². The molecule has 0 aliphatic rings. The predicted octanol–water partition coefficient (Wildman–Crippen LogP) is 3.81. The van der Waals surface area contributed by atoms with Gasteiger partial charge in [-0.1, -0.05) is 41.9 Å². The summed E-state index contributed by atoms with van der Waals surface area (Å²) in [4.78, 5) is 12.5. The molecule has 2 N–H and O–H groups in total. The average molecular weight is 419 g/mol. The molecular formula is C20H19ClN2O4S. The molecule has 0 aromatic heterocycles. The molecule has 1 atom stereocenters. The Morgan fingerprint density at radius 3 is 2.43 bits per heavy atom. The first kappa shape index (κ1) is 20.1. The molecule has 0 saturated carbocycles. The number of fused-ring (bicyclic) bond motifs is 1. The molecule has 0 bridgehead atoms. The van der Waals surface area contributed by atoms with Crippen LogP contribution in [-0.4, -0.2) is 27.5 Å². The number of sulfonamides is 1. The second-order valence-corrected chi connectivity index (χ2v) is 8.31. The molecule has 28 heavy (non-hydrogen) atoms. The Hall–Kier alpha value is -2.61. The normalized spacial score (nSPS) is 12.5. The maximum atomic E-state index is 12.7. The Labute approximate surface area is 168 Å². The third-order valence-electron chi connectivity index (χ3n) is 4.18. The maximum absolute atomic E-state index is 12.7. The smallest absolute Gasteiger partial charge is 0.242 e. The Bertz CT molecular complexity index is 1130. The first-order valence-electron chi connectivity index (χ1n) is 8.46. The number of halogens is 1. The standard InChI is InChI=1S/C20H19ClN2O4S/c1-13(20(24)22-16-8-10-19(27-2)18(21)12-16)23-28(25,26)17-9-7-14-5-3-4-6-15(14)11-17/h3-13,23H,1-2H3,(H,22,24)/t13-/m0/s1. The third-order valence-corrected chi connectivity index (χ3v) is 6.01. The summed E-state index contributed by atoms with van der Waals surface area (Å²) < 4.78 is 32.8. The molecule has 6 nitrogen and oxygen atoms in total. The molecule has 8 heteroatoms. The fourth-order valence-corrected chi connectivity index (χ4v) is 4.18. The van der Waals surface area contributed by atoms with Crippen LogP contribution in [0.25, 0.3) is 10.8 Å². The molecule has 3 aromatic rings. The lowest BCUT2D eigenvalue weighted by molar-refractivity contribution is -0.117. The molecule has 0 unspecified atom stereocenters. The monoisotopic (exact) mass is 418 g/mol. The largest absolute Gasteiger partial charge is 0.495 e. The number of nitrogens with one attached hydrogen (secondary N) is 2. The molecule has 0 radical (unpaired) electrons. The summed E-state index contributed by atoms with van der Waals surface area (Å²) in [5, 5.41) is 4.70. The Morgan fingerprint density at radius 1 is 1.04 bits per heavy atom. The van der Waals surface area contributed by atoms with Crippen LogP contribution in [0.1, 0.15) is 6.92 Å². The number of methoxy groups -OCH3 is 1. The molecule has 146 valence electrons. The van der Waals surface area contributed by atoms with Crippen molar-refractivity contribution in [3.8, 4) is 5.75 Å². The van der Waals surface area contributed by atoms with Gasteiger partial charge in [0.1, 0.15) is 5.75 Å². The van der Waals surface area contributed by atoms with Crippen LogP contribution in [0.4, 0.5) is 5.69 Å². The Balaban J connectivity index is 1.73. The number of hydrogen-bond donors (Lipinski definition) is 2. The molecule has 3 aromatic carbocycles. The molecule has 1 amide bonds. The van der Waals surface area contributed by atoms with Crippen LogP contribution in [-0.2, 0) is 14.8 Å². The quantitative estimate of drug-likeness (QED) is 0.637. The van der Waals surface area contributed by atoms with Crippen molar-refractivity contribution in [3.05, 3.63) is 65.7 Å². The van der Waals surface area contributed by atoms with Gasteiger partial charge < -0.3 is 10.1 Å². The van der Waals surface area contributed by atoms with Crippen molar-refractivity contribution >= 4 is 44.0 Å². The number of carbonyl (C=O) groups is 1. The van der Waals surface area contributed by atoms with Gasteiger partial charge in [-0.25, -0.2) is 8.42 Å². The molecule has 3 rings (SSSR count). The van der Waals surface area contributed by atoms with E-state index in [4.69, 9.17) is 16.3 Å². The second-order valence-electron chi connectivity index (χ2n) is 6.19. The van der Waals surface area contributed by atoms with Crippen LogP contribution in [0.2, 0.25) is 5.02 Å². The molecular weight excluding hydrogens is 400 g/mol. The zero-order valence-electron chi connectivity index (χ0n) is 15.3. The van der Waals surface area contributed by atoms with Gasteiger partial charge in [-0.2, -0.15) is 4.72 Å². The molecule has 0 spiro atoms. The van der Waals surface area contributed by atoms with E-state index in [9.17, 15) is 13.2 Å². The lowest BCUT2D eigenvalue weighted by atomic mass is 10.1. The van der Waals surface area contributed by atoms with Crippen LogP contribution in [0.3, 0.4) is 0 Å². The fourth-order valence-electron chi connectivity index (χ4n) is 2.68. The van der Waals surface area contributed by atoms with E-state index >= 15 is 0 Å². The zero-order chi connectivity index (χ0) is 20.3. The van der Waals surface area contributed by atoms with Crippen LogP contribution < -0.4 is 14.8 Å². The van der Waals surface area contributed by atoms with Gasteiger partial charge in [-0.3, -0.25) is 4.79 Å². The maximum Gasteiger partial charge on any atom is 0.242 e. The first-order valence-corrected chi connectivity index (χ1v) is 10.3. The summed E-state index contributed by atoms with van der Waals surface area (Å²) in [5.41, 5.74) is 0.438. The van der Waals surface area contributed by atoms with Crippen molar-refractivity contribution in [3.63, 3.8) is 0 Å². The number of ether oxygens (including phenoxy) is 1. The van der Waals surface area contributed by atoms with E-state index in [1.54, 1.807) is 24.3 Å². The van der Waals surface area contributed by atoms with Crippen molar-refractivity contribution in [1.29, 1.82) is 0 Å². The summed E-state index contributed by atoms with van der Waals surface area (Å²) in [6, 6.07) is 16.0. The van der Waals surface area contributed by atoms with E-state index in [1.807, 2.05) is 24.3 Å². The zero-order valence-corrected chi connectivity index (χ0v) is 16.8. The highest BCUT2D eigenvalue weighted by Crippen LogP contribution is 2.27. The van der Waals surface area contributed by atoms with Crippen molar-refractivity contribution in [2.24, 2.45) is 0 Å². The minimum absolute atomic E-state index is 0.0957. The van der Waals surface area contributed by atoms with Crippen LogP contribution in [0, 0.1) is 0 Å². The average Bonchev–Trinajstić information content (AvgIpc) is 2.67. The van der Waals surface area contributed by atoms with Gasteiger partial charge in [0.2, 0.25) is 15.9 Å². The van der Waals surface area contributed by atoms with E-state index in [2.05, 4.69) is 10.0 Å². The number of anilines is 1. The molecule has 0 aliphatic carbocycles. The van der Waals surface area contributed by atoms with Crippen molar-refractivity contribution < 1.29 is 17.9 Å². The van der Waals surface area contributed by atoms with Crippen LogP contribution >= 0.6 is 11.6 Å². The van der Waals surface area contributed by atoms with Crippen LogP contribution in [0.15, 0.2) is 65.6 Å². The number of carbonyl (C=O) groups excluding carboxylic acids is 1. The van der Waals surface area contributed by atoms with Gasteiger partial charge in [-0.15, -0.1) is 0 Å². The Kier molecular flexibility index (Phi) is 5.88. The highest BCUT2D eigenvalue weighted by Gasteiger charge is 2.22. The first-order chi connectivity index (χ1) is 13.3. The molecule has 0 aliphatic heterocycles. The summed E-state index contributed by atoms with van der Waals surface area (Å²) in [7, 11) is -2.37. The lowest BCUT2D eigenvalue weighted by Gasteiger charge is -2.15. The highest BCUT2D eigenvalue weighted by molar-refractivity contribution is 7.89. The topological polar surface area (TPSA) is 84.5 Å². The summed E-state index contributed by atoms with van der Waals surface area (Å²) in [6.45, 7) is 1.47. The summed E-state index contributed by atoms with van der Waals surface area (Å²) in [5.74, 6) is -0.0321. The van der Waals surface area contributed by atoms with Crippen molar-refractivity contribution in [2.75, 3.05) is 12.4 Å². The SMILES string of the molecule is COc1ccc(NC(=O)[C@H](C)NS(=O)(=O)c2ccc3ccccc3c2)cc1Cl. The third kappa shape index (κ3) is 4.44. The summed E-state index contributed by atoms with van der Waals surface area (Å²) in [6.07, 6.45) is 0. The summed E-state index contributed by atoms with van der Waals surface area (Å²) >= 11 is 6.04. The fraction of sp³-hybridized carbons (Fsp3) is 0.150. The molecule has 0 fully saturated rings. The van der Waals surface area contributed by atoms with E-state index in [0.717, 1.165) is 10.8 Å².